The van der Waals surface area contributed by atoms with Gasteiger partial charge in [-0.15, -0.1) is 0 Å². The van der Waals surface area contributed by atoms with Gasteiger partial charge in [-0.25, -0.2) is 13.6 Å². The smallest absolute Gasteiger partial charge is 0.341 e. The molecule has 3 rings (SSSR count). The van der Waals surface area contributed by atoms with Crippen molar-refractivity contribution >= 4 is 11.8 Å². The summed E-state index contributed by atoms with van der Waals surface area (Å²) in [6.07, 6.45) is 0. The van der Waals surface area contributed by atoms with Gasteiger partial charge in [0.25, 0.3) is 0 Å². The summed E-state index contributed by atoms with van der Waals surface area (Å²) in [6.45, 7) is -0.527. The molecule has 0 N–H and O–H groups in total. The molecule has 5 heteroatoms. The first-order valence-electron chi connectivity index (χ1n) is 7.85. The van der Waals surface area contributed by atoms with E-state index in [1.807, 2.05) is 30.3 Å². The van der Waals surface area contributed by atoms with Crippen molar-refractivity contribution in [1.82, 2.24) is 0 Å². The minimum Gasteiger partial charge on any atom is -0.454 e. The number of Topliss-reactive ketones (excluding diaryl/α,β-unsaturated/α-hetero) is 1. The van der Waals surface area contributed by atoms with Crippen molar-refractivity contribution in [3.8, 4) is 11.1 Å². The van der Waals surface area contributed by atoms with Crippen molar-refractivity contribution < 1.29 is 23.1 Å². The third-order valence-corrected chi connectivity index (χ3v) is 3.80. The molecule has 0 aliphatic heterocycles. The Morgan fingerprint density at radius 1 is 0.808 bits per heavy atom. The number of hydrogen-bond donors (Lipinski definition) is 0. The molecular weight excluding hydrogens is 338 g/mol. The molecule has 0 heterocycles. The number of hydrogen-bond acceptors (Lipinski definition) is 3. The van der Waals surface area contributed by atoms with Crippen molar-refractivity contribution in [3.63, 3.8) is 0 Å². The Balaban J connectivity index is 1.64. The summed E-state index contributed by atoms with van der Waals surface area (Å²) in [7, 11) is 0. The van der Waals surface area contributed by atoms with Gasteiger partial charge in [0.15, 0.2) is 12.4 Å². The van der Waals surface area contributed by atoms with Crippen LogP contribution in [0.1, 0.15) is 20.7 Å². The Hall–Kier alpha value is -3.34. The van der Waals surface area contributed by atoms with E-state index in [9.17, 15) is 18.4 Å². The van der Waals surface area contributed by atoms with Crippen molar-refractivity contribution in [1.29, 1.82) is 0 Å². The average Bonchev–Trinajstić information content (AvgIpc) is 2.66. The Bertz CT molecular complexity index is 935. The molecule has 0 saturated carbocycles. The Kier molecular flexibility index (Phi) is 5.17. The highest BCUT2D eigenvalue weighted by Gasteiger charge is 2.16. The van der Waals surface area contributed by atoms with Gasteiger partial charge in [-0.1, -0.05) is 54.6 Å². The van der Waals surface area contributed by atoms with Crippen LogP contribution in [0.5, 0.6) is 0 Å². The fraction of sp³-hybridized carbons (Fsp3) is 0.0476. The standard InChI is InChI=1S/C21H14F2O3/c22-17-10-11-18(19(23)12-17)21(25)26-13-20(24)16-8-6-15(7-9-16)14-4-2-1-3-5-14/h1-12H,13H2. The van der Waals surface area contributed by atoms with Crippen LogP contribution >= 0.6 is 0 Å². The van der Waals surface area contributed by atoms with E-state index in [4.69, 9.17) is 4.74 Å². The second-order valence-electron chi connectivity index (χ2n) is 5.57. The van der Waals surface area contributed by atoms with Crippen LogP contribution in [0.4, 0.5) is 8.78 Å². The summed E-state index contributed by atoms with van der Waals surface area (Å²) in [5, 5.41) is 0. The second kappa shape index (κ2) is 7.70. The van der Waals surface area contributed by atoms with Crippen LogP contribution in [0.25, 0.3) is 11.1 Å². The van der Waals surface area contributed by atoms with E-state index >= 15 is 0 Å². The first kappa shape index (κ1) is 17.5. The maximum absolute atomic E-state index is 13.5. The minimum atomic E-state index is -1.03. The van der Waals surface area contributed by atoms with E-state index in [0.717, 1.165) is 23.3 Å². The summed E-state index contributed by atoms with van der Waals surface area (Å²) >= 11 is 0. The maximum atomic E-state index is 13.5. The minimum absolute atomic E-state index is 0.372. The molecular formula is C21H14F2O3. The largest absolute Gasteiger partial charge is 0.454 e. The quantitative estimate of drug-likeness (QED) is 0.495. The predicted octanol–water partition coefficient (Wildman–Crippen LogP) is 4.67. The lowest BCUT2D eigenvalue weighted by Gasteiger charge is -2.06. The lowest BCUT2D eigenvalue weighted by Crippen LogP contribution is -2.15. The topological polar surface area (TPSA) is 43.4 Å². The van der Waals surface area contributed by atoms with Crippen LogP contribution in [-0.4, -0.2) is 18.4 Å². The maximum Gasteiger partial charge on any atom is 0.341 e. The zero-order valence-electron chi connectivity index (χ0n) is 13.6. The molecule has 3 aromatic carbocycles. The highest BCUT2D eigenvalue weighted by molar-refractivity contribution is 5.99. The van der Waals surface area contributed by atoms with E-state index in [0.29, 0.717) is 11.6 Å². The van der Waals surface area contributed by atoms with Gasteiger partial charge in [-0.05, 0) is 23.3 Å². The molecule has 3 nitrogen and oxygen atoms in total. The number of esters is 1. The molecule has 0 spiro atoms. The number of carbonyl (C=O) groups excluding carboxylic acids is 2. The summed E-state index contributed by atoms with van der Waals surface area (Å²) in [6, 6.07) is 19.0. The third-order valence-electron chi connectivity index (χ3n) is 3.80. The summed E-state index contributed by atoms with van der Waals surface area (Å²) in [5.74, 6) is -3.26. The molecule has 0 radical (unpaired) electrons. The van der Waals surface area contributed by atoms with E-state index in [2.05, 4.69) is 0 Å². The molecule has 0 bridgehead atoms. The first-order chi connectivity index (χ1) is 12.5. The molecule has 0 amide bonds. The molecule has 0 unspecified atom stereocenters. The van der Waals surface area contributed by atoms with Gasteiger partial charge in [-0.3, -0.25) is 4.79 Å². The molecule has 26 heavy (non-hydrogen) atoms. The molecule has 130 valence electrons. The number of carbonyl (C=O) groups is 2. The summed E-state index contributed by atoms with van der Waals surface area (Å²) in [5.41, 5.74) is 1.92. The highest BCUT2D eigenvalue weighted by atomic mass is 19.1. The van der Waals surface area contributed by atoms with E-state index in [1.165, 1.54) is 0 Å². The Labute approximate surface area is 148 Å². The van der Waals surface area contributed by atoms with Crippen LogP contribution in [0.15, 0.2) is 72.8 Å². The van der Waals surface area contributed by atoms with E-state index in [1.54, 1.807) is 24.3 Å². The molecule has 0 aliphatic rings. The number of ketones is 1. The van der Waals surface area contributed by atoms with Crippen molar-refractivity contribution in [2.75, 3.05) is 6.61 Å². The second-order valence-corrected chi connectivity index (χ2v) is 5.57. The average molecular weight is 352 g/mol. The number of ether oxygens (including phenoxy) is 1. The fourth-order valence-corrected chi connectivity index (χ4v) is 2.43. The SMILES string of the molecule is O=C(COC(=O)c1ccc(F)cc1F)c1ccc(-c2ccccc2)cc1. The van der Waals surface area contributed by atoms with Crippen LogP contribution < -0.4 is 0 Å². The van der Waals surface area contributed by atoms with E-state index < -0.39 is 35.6 Å². The zero-order valence-corrected chi connectivity index (χ0v) is 13.6. The van der Waals surface area contributed by atoms with Gasteiger partial charge in [0.2, 0.25) is 0 Å². The fourth-order valence-electron chi connectivity index (χ4n) is 2.43. The van der Waals surface area contributed by atoms with Crippen LogP contribution in [-0.2, 0) is 4.74 Å². The van der Waals surface area contributed by atoms with Crippen molar-refractivity contribution in [2.24, 2.45) is 0 Å². The van der Waals surface area contributed by atoms with E-state index in [-0.39, 0.29) is 0 Å². The molecule has 0 fully saturated rings. The molecule has 0 aromatic heterocycles. The van der Waals surface area contributed by atoms with Crippen LogP contribution in [0.2, 0.25) is 0 Å². The molecule has 0 saturated heterocycles. The van der Waals surface area contributed by atoms with Gasteiger partial charge in [0.05, 0.1) is 5.56 Å². The normalized spacial score (nSPS) is 10.4. The van der Waals surface area contributed by atoms with Gasteiger partial charge in [0, 0.05) is 11.6 Å². The lowest BCUT2D eigenvalue weighted by atomic mass is 10.0. The monoisotopic (exact) mass is 352 g/mol. The summed E-state index contributed by atoms with van der Waals surface area (Å²) < 4.78 is 31.2. The third kappa shape index (κ3) is 4.00. The Morgan fingerprint density at radius 3 is 2.12 bits per heavy atom. The number of halogens is 2. The molecule has 0 aliphatic carbocycles. The van der Waals surface area contributed by atoms with Crippen molar-refractivity contribution in [3.05, 3.63) is 95.6 Å². The molecule has 0 atom stereocenters. The highest BCUT2D eigenvalue weighted by Crippen LogP contribution is 2.19. The van der Waals surface area contributed by atoms with Crippen LogP contribution in [0.3, 0.4) is 0 Å². The lowest BCUT2D eigenvalue weighted by molar-refractivity contribution is 0.0470. The number of rotatable bonds is 5. The van der Waals surface area contributed by atoms with Gasteiger partial charge < -0.3 is 4.74 Å². The zero-order chi connectivity index (χ0) is 18.5. The number of benzene rings is 3. The molecule has 3 aromatic rings. The predicted molar refractivity (Wildman–Crippen MR) is 92.8 cm³/mol. The van der Waals surface area contributed by atoms with Crippen molar-refractivity contribution in [2.45, 2.75) is 0 Å². The van der Waals surface area contributed by atoms with Gasteiger partial charge in [-0.2, -0.15) is 0 Å². The first-order valence-corrected chi connectivity index (χ1v) is 7.85. The van der Waals surface area contributed by atoms with Gasteiger partial charge >= 0.3 is 5.97 Å². The summed E-state index contributed by atoms with van der Waals surface area (Å²) in [4.78, 5) is 24.0. The Morgan fingerprint density at radius 2 is 1.46 bits per heavy atom. The van der Waals surface area contributed by atoms with Crippen LogP contribution in [0, 0.1) is 11.6 Å². The van der Waals surface area contributed by atoms with Gasteiger partial charge in [0.1, 0.15) is 11.6 Å².